The molecule has 0 radical (unpaired) electrons. The summed E-state index contributed by atoms with van der Waals surface area (Å²) in [6.45, 7) is 3.36. The fourth-order valence-corrected chi connectivity index (χ4v) is 2.48. The molecule has 0 aliphatic rings. The molecule has 2 rings (SSSR count). The quantitative estimate of drug-likeness (QED) is 0.236. The lowest BCUT2D eigenvalue weighted by atomic mass is 10.1. The highest BCUT2D eigenvalue weighted by atomic mass is 127. The molecular formula is C20H24F3IN4O. The lowest BCUT2D eigenvalue weighted by molar-refractivity contribution is -0.137. The van der Waals surface area contributed by atoms with Crippen molar-refractivity contribution in [2.24, 2.45) is 4.99 Å². The van der Waals surface area contributed by atoms with Gasteiger partial charge in [-0.2, -0.15) is 13.2 Å². The van der Waals surface area contributed by atoms with Gasteiger partial charge in [0.25, 0.3) is 5.91 Å². The summed E-state index contributed by atoms with van der Waals surface area (Å²) in [6.07, 6.45) is -4.42. The van der Waals surface area contributed by atoms with Crippen LogP contribution in [0, 0.1) is 6.92 Å². The molecule has 1 amide bonds. The van der Waals surface area contributed by atoms with E-state index in [0.717, 1.165) is 29.8 Å². The molecule has 29 heavy (non-hydrogen) atoms. The number of nitrogens with one attached hydrogen (secondary N) is 3. The summed E-state index contributed by atoms with van der Waals surface area (Å²) in [6, 6.07) is 12.1. The van der Waals surface area contributed by atoms with Crippen LogP contribution < -0.4 is 16.0 Å². The molecule has 158 valence electrons. The first kappa shape index (κ1) is 24.7. The van der Waals surface area contributed by atoms with Crippen LogP contribution in [0.4, 0.5) is 13.2 Å². The number of nitrogens with zero attached hydrogens (tertiary/aromatic N) is 1. The summed E-state index contributed by atoms with van der Waals surface area (Å²) in [5, 5.41) is 8.91. The average Bonchev–Trinajstić information content (AvgIpc) is 2.68. The van der Waals surface area contributed by atoms with Crippen molar-refractivity contribution in [2.75, 3.05) is 20.1 Å². The van der Waals surface area contributed by atoms with E-state index in [0.29, 0.717) is 25.6 Å². The maximum atomic E-state index is 12.5. The molecule has 0 aliphatic heterocycles. The number of carbonyl (C=O) groups excluding carboxylic acids is 1. The van der Waals surface area contributed by atoms with Gasteiger partial charge in [0.1, 0.15) is 0 Å². The SMILES string of the molecule is CN=C(NCCNC(=O)c1ccc(C(F)(F)F)cc1)NCc1ccccc1C.I. The highest BCUT2D eigenvalue weighted by Gasteiger charge is 2.30. The van der Waals surface area contributed by atoms with Gasteiger partial charge < -0.3 is 16.0 Å². The summed E-state index contributed by atoms with van der Waals surface area (Å²) in [7, 11) is 1.65. The van der Waals surface area contributed by atoms with Gasteiger partial charge in [-0.25, -0.2) is 0 Å². The maximum Gasteiger partial charge on any atom is 0.416 e. The summed E-state index contributed by atoms with van der Waals surface area (Å²) in [5.74, 6) is 0.158. The third kappa shape index (κ3) is 7.92. The molecule has 0 aliphatic carbocycles. The van der Waals surface area contributed by atoms with Gasteiger partial charge in [-0.05, 0) is 42.3 Å². The monoisotopic (exact) mass is 520 g/mol. The Morgan fingerprint density at radius 2 is 1.59 bits per heavy atom. The molecule has 2 aromatic rings. The number of benzene rings is 2. The molecule has 0 spiro atoms. The number of aliphatic imine (C=N–C) groups is 1. The van der Waals surface area contributed by atoms with E-state index in [1.165, 1.54) is 5.56 Å². The molecule has 2 aromatic carbocycles. The number of amides is 1. The Kier molecular flexibility index (Phi) is 9.93. The van der Waals surface area contributed by atoms with E-state index < -0.39 is 17.6 Å². The first-order chi connectivity index (χ1) is 13.3. The van der Waals surface area contributed by atoms with Crippen LogP contribution in [0.25, 0.3) is 0 Å². The van der Waals surface area contributed by atoms with Crippen LogP contribution in [-0.2, 0) is 12.7 Å². The van der Waals surface area contributed by atoms with Crippen LogP contribution in [0.2, 0.25) is 0 Å². The highest BCUT2D eigenvalue weighted by molar-refractivity contribution is 14.0. The second kappa shape index (κ2) is 11.6. The molecule has 0 saturated heterocycles. The molecule has 5 nitrogen and oxygen atoms in total. The van der Waals surface area contributed by atoms with Gasteiger partial charge in [-0.1, -0.05) is 24.3 Å². The summed E-state index contributed by atoms with van der Waals surface area (Å²) in [4.78, 5) is 16.1. The number of aryl methyl sites for hydroxylation is 1. The largest absolute Gasteiger partial charge is 0.416 e. The Hall–Kier alpha value is -2.30. The standard InChI is InChI=1S/C20H23F3N4O.HI/c1-14-5-3-4-6-16(14)13-27-19(24-2)26-12-11-25-18(28)15-7-9-17(10-8-15)20(21,22)23;/h3-10H,11-13H2,1-2H3,(H,25,28)(H2,24,26,27);1H. The first-order valence-corrected chi connectivity index (χ1v) is 8.75. The van der Waals surface area contributed by atoms with Crippen molar-refractivity contribution in [1.29, 1.82) is 0 Å². The minimum absolute atomic E-state index is 0. The fourth-order valence-electron chi connectivity index (χ4n) is 2.48. The predicted octanol–water partition coefficient (Wildman–Crippen LogP) is 3.73. The number of alkyl halides is 3. The van der Waals surface area contributed by atoms with Gasteiger partial charge in [0.2, 0.25) is 0 Å². The smallest absolute Gasteiger partial charge is 0.355 e. The Labute approximate surface area is 185 Å². The zero-order valence-electron chi connectivity index (χ0n) is 16.1. The van der Waals surface area contributed by atoms with Crippen LogP contribution in [0.5, 0.6) is 0 Å². The molecule has 0 saturated carbocycles. The first-order valence-electron chi connectivity index (χ1n) is 8.75. The second-order valence-corrected chi connectivity index (χ2v) is 6.11. The van der Waals surface area contributed by atoms with E-state index in [4.69, 9.17) is 0 Å². The number of hydrogen-bond acceptors (Lipinski definition) is 2. The van der Waals surface area contributed by atoms with Crippen molar-refractivity contribution in [1.82, 2.24) is 16.0 Å². The number of rotatable bonds is 6. The van der Waals surface area contributed by atoms with Crippen LogP contribution >= 0.6 is 24.0 Å². The lowest BCUT2D eigenvalue weighted by Gasteiger charge is -2.13. The van der Waals surface area contributed by atoms with Gasteiger partial charge >= 0.3 is 6.18 Å². The van der Waals surface area contributed by atoms with E-state index in [9.17, 15) is 18.0 Å². The Morgan fingerprint density at radius 1 is 0.966 bits per heavy atom. The number of hydrogen-bond donors (Lipinski definition) is 3. The predicted molar refractivity (Wildman–Crippen MR) is 119 cm³/mol. The number of carbonyl (C=O) groups is 1. The normalized spacial score (nSPS) is 11.4. The minimum atomic E-state index is -4.42. The van der Waals surface area contributed by atoms with Crippen molar-refractivity contribution in [3.05, 3.63) is 70.8 Å². The van der Waals surface area contributed by atoms with Crippen molar-refractivity contribution in [3.8, 4) is 0 Å². The molecule has 0 bridgehead atoms. The topological polar surface area (TPSA) is 65.5 Å². The Balaban J connectivity index is 0.00000420. The zero-order chi connectivity index (χ0) is 20.6. The van der Waals surface area contributed by atoms with Crippen LogP contribution in [-0.4, -0.2) is 32.0 Å². The van der Waals surface area contributed by atoms with E-state index >= 15 is 0 Å². The molecule has 0 aromatic heterocycles. The average molecular weight is 520 g/mol. The third-order valence-electron chi connectivity index (χ3n) is 4.11. The Bertz CT molecular complexity index is 823. The molecule has 0 unspecified atom stereocenters. The van der Waals surface area contributed by atoms with E-state index in [1.807, 2.05) is 31.2 Å². The second-order valence-electron chi connectivity index (χ2n) is 6.11. The van der Waals surface area contributed by atoms with Gasteiger partial charge in [0, 0.05) is 32.2 Å². The number of guanidine groups is 1. The minimum Gasteiger partial charge on any atom is -0.355 e. The van der Waals surface area contributed by atoms with Crippen molar-refractivity contribution in [3.63, 3.8) is 0 Å². The molecule has 0 fully saturated rings. The fraction of sp³-hybridized carbons (Fsp3) is 0.300. The number of halogens is 4. The lowest BCUT2D eigenvalue weighted by Crippen LogP contribution is -2.41. The van der Waals surface area contributed by atoms with E-state index in [2.05, 4.69) is 20.9 Å². The van der Waals surface area contributed by atoms with Crippen LogP contribution in [0.15, 0.2) is 53.5 Å². The van der Waals surface area contributed by atoms with Crippen molar-refractivity contribution < 1.29 is 18.0 Å². The van der Waals surface area contributed by atoms with Crippen LogP contribution in [0.3, 0.4) is 0 Å². The molecular weight excluding hydrogens is 496 g/mol. The van der Waals surface area contributed by atoms with Gasteiger partial charge in [0.15, 0.2) is 5.96 Å². The van der Waals surface area contributed by atoms with Gasteiger partial charge in [-0.3, -0.25) is 9.79 Å². The molecule has 9 heteroatoms. The van der Waals surface area contributed by atoms with E-state index in [-0.39, 0.29) is 29.5 Å². The van der Waals surface area contributed by atoms with Crippen LogP contribution in [0.1, 0.15) is 27.0 Å². The van der Waals surface area contributed by atoms with Crippen molar-refractivity contribution in [2.45, 2.75) is 19.6 Å². The Morgan fingerprint density at radius 3 is 2.17 bits per heavy atom. The van der Waals surface area contributed by atoms with Gasteiger partial charge in [-0.15, -0.1) is 24.0 Å². The summed E-state index contributed by atoms with van der Waals surface area (Å²) >= 11 is 0. The van der Waals surface area contributed by atoms with Gasteiger partial charge in [0.05, 0.1) is 5.56 Å². The molecule has 3 N–H and O–H groups in total. The zero-order valence-corrected chi connectivity index (χ0v) is 18.5. The third-order valence-corrected chi connectivity index (χ3v) is 4.11. The van der Waals surface area contributed by atoms with Crippen molar-refractivity contribution >= 4 is 35.8 Å². The highest BCUT2D eigenvalue weighted by Crippen LogP contribution is 2.29. The van der Waals surface area contributed by atoms with E-state index in [1.54, 1.807) is 7.05 Å². The maximum absolute atomic E-state index is 12.5. The summed E-state index contributed by atoms with van der Waals surface area (Å²) < 4.78 is 37.6. The summed E-state index contributed by atoms with van der Waals surface area (Å²) in [5.41, 5.74) is 1.72. The molecule has 0 atom stereocenters. The molecule has 0 heterocycles.